The first-order chi connectivity index (χ1) is 15.9. The first kappa shape index (κ1) is 23.1. The predicted octanol–water partition coefficient (Wildman–Crippen LogP) is 3.22. The van der Waals surface area contributed by atoms with Gasteiger partial charge in [-0.1, -0.05) is 53.3 Å². The van der Waals surface area contributed by atoms with Crippen LogP contribution in [-0.4, -0.2) is 30.9 Å². The van der Waals surface area contributed by atoms with E-state index in [0.717, 1.165) is 0 Å². The van der Waals surface area contributed by atoms with Crippen LogP contribution in [-0.2, 0) is 14.3 Å². The second kappa shape index (κ2) is 9.82. The summed E-state index contributed by atoms with van der Waals surface area (Å²) in [5.74, 6) is -0.953. The van der Waals surface area contributed by atoms with E-state index in [1.807, 2.05) is 0 Å². The predicted molar refractivity (Wildman–Crippen MR) is 124 cm³/mol. The number of halogens is 2. The Morgan fingerprint density at radius 3 is 2.64 bits per heavy atom. The molecule has 0 aliphatic carbocycles. The average Bonchev–Trinajstić information content (AvgIpc) is 3.09. The third-order valence-electron chi connectivity index (χ3n) is 5.13. The summed E-state index contributed by atoms with van der Waals surface area (Å²) in [5.41, 5.74) is 1.60. The molecule has 1 atom stereocenters. The second-order valence-electron chi connectivity index (χ2n) is 7.28. The average molecular weight is 487 g/mol. The van der Waals surface area contributed by atoms with E-state index in [1.54, 1.807) is 49.4 Å². The molecule has 0 radical (unpaired) electrons. The van der Waals surface area contributed by atoms with Gasteiger partial charge < -0.3 is 9.47 Å². The van der Waals surface area contributed by atoms with E-state index in [-0.39, 0.29) is 30.2 Å². The van der Waals surface area contributed by atoms with Gasteiger partial charge >= 0.3 is 5.97 Å². The Balaban J connectivity index is 1.90. The number of benzene rings is 2. The molecule has 0 bridgehead atoms. The Morgan fingerprint density at radius 2 is 1.94 bits per heavy atom. The number of hydrogen-bond donors (Lipinski definition) is 0. The number of carbonyl (C=O) groups is 1. The molecule has 4 rings (SSSR count). The molecule has 6 nitrogen and oxygen atoms in total. The fourth-order valence-electron chi connectivity index (χ4n) is 3.58. The lowest BCUT2D eigenvalue weighted by atomic mass is 9.96. The summed E-state index contributed by atoms with van der Waals surface area (Å²) in [7, 11) is 1.51. The molecule has 1 aromatic heterocycles. The third kappa shape index (κ3) is 4.68. The van der Waals surface area contributed by atoms with Crippen LogP contribution >= 0.6 is 22.9 Å². The molecule has 33 heavy (non-hydrogen) atoms. The molecule has 2 aromatic carbocycles. The van der Waals surface area contributed by atoms with Crippen LogP contribution < -0.4 is 14.9 Å². The van der Waals surface area contributed by atoms with Gasteiger partial charge in [0, 0.05) is 12.1 Å². The lowest BCUT2D eigenvalue weighted by molar-refractivity contribution is -0.140. The monoisotopic (exact) mass is 486 g/mol. The fourth-order valence-corrected chi connectivity index (χ4v) is 4.87. The highest BCUT2D eigenvalue weighted by Gasteiger charge is 2.34. The normalized spacial score (nSPS) is 15.9. The van der Waals surface area contributed by atoms with E-state index in [1.165, 1.54) is 35.1 Å². The van der Waals surface area contributed by atoms with Gasteiger partial charge in [-0.15, -0.1) is 0 Å². The van der Waals surface area contributed by atoms with Crippen molar-refractivity contribution < 1.29 is 18.7 Å². The van der Waals surface area contributed by atoms with Gasteiger partial charge in [0.1, 0.15) is 18.5 Å². The summed E-state index contributed by atoms with van der Waals surface area (Å²) in [4.78, 5) is 31.5. The number of ether oxygens (including phenoxy) is 2. The van der Waals surface area contributed by atoms with Crippen molar-refractivity contribution in [2.45, 2.75) is 13.0 Å². The SMILES string of the molecule is COCCOC(=O)C1=C(C)N=c2sc(=Cc3ccc(F)cc3)c(=O)n2C1c1ccccc1Cl. The zero-order valence-electron chi connectivity index (χ0n) is 17.9. The highest BCUT2D eigenvalue weighted by Crippen LogP contribution is 2.34. The minimum atomic E-state index is -0.805. The molecule has 2 heterocycles. The number of carbonyl (C=O) groups excluding carboxylic acids is 1. The molecule has 0 saturated carbocycles. The van der Waals surface area contributed by atoms with Gasteiger partial charge in [0.2, 0.25) is 0 Å². The summed E-state index contributed by atoms with van der Waals surface area (Å²) >= 11 is 7.68. The Labute approximate surface area is 197 Å². The molecule has 9 heteroatoms. The van der Waals surface area contributed by atoms with Gasteiger partial charge in [0.25, 0.3) is 5.56 Å². The van der Waals surface area contributed by atoms with Gasteiger partial charge in [0.05, 0.1) is 22.4 Å². The van der Waals surface area contributed by atoms with Crippen molar-refractivity contribution >= 4 is 35.0 Å². The highest BCUT2D eigenvalue weighted by molar-refractivity contribution is 7.07. The summed E-state index contributed by atoms with van der Waals surface area (Å²) in [6.45, 7) is 2.01. The second-order valence-corrected chi connectivity index (χ2v) is 8.70. The zero-order chi connectivity index (χ0) is 23.5. The van der Waals surface area contributed by atoms with Crippen LogP contribution in [0.2, 0.25) is 5.02 Å². The van der Waals surface area contributed by atoms with Crippen molar-refractivity contribution in [3.63, 3.8) is 0 Å². The number of rotatable bonds is 6. The van der Waals surface area contributed by atoms with Crippen molar-refractivity contribution in [3.05, 3.63) is 101 Å². The summed E-state index contributed by atoms with van der Waals surface area (Å²) in [6.07, 6.45) is 1.67. The molecular formula is C24H20ClFN2O4S. The van der Waals surface area contributed by atoms with Crippen molar-refractivity contribution in [2.75, 3.05) is 20.3 Å². The van der Waals surface area contributed by atoms with E-state index in [2.05, 4.69) is 4.99 Å². The zero-order valence-corrected chi connectivity index (χ0v) is 19.5. The fraction of sp³-hybridized carbons (Fsp3) is 0.208. The Morgan fingerprint density at radius 1 is 1.21 bits per heavy atom. The molecule has 0 N–H and O–H groups in total. The van der Waals surface area contributed by atoms with E-state index < -0.39 is 12.0 Å². The van der Waals surface area contributed by atoms with Crippen LogP contribution in [0.4, 0.5) is 4.39 Å². The first-order valence-corrected chi connectivity index (χ1v) is 11.3. The Bertz CT molecular complexity index is 1410. The molecule has 170 valence electrons. The number of esters is 1. The number of allylic oxidation sites excluding steroid dienone is 1. The molecule has 0 amide bonds. The molecular weight excluding hydrogens is 467 g/mol. The van der Waals surface area contributed by atoms with Gasteiger partial charge in [-0.2, -0.15) is 0 Å². The number of hydrogen-bond acceptors (Lipinski definition) is 6. The molecule has 0 spiro atoms. The van der Waals surface area contributed by atoms with E-state index in [0.29, 0.717) is 31.2 Å². The van der Waals surface area contributed by atoms with Crippen molar-refractivity contribution in [1.29, 1.82) is 0 Å². The topological polar surface area (TPSA) is 69.9 Å². The standard InChI is InChI=1S/C24H20ClFN2O4S/c1-14-20(23(30)32-12-11-31-2)21(17-5-3-4-6-18(17)25)28-22(29)19(33-24(28)27-14)13-15-7-9-16(26)10-8-15/h3-10,13,21H,11-12H2,1-2H3. The number of aromatic nitrogens is 1. The maximum Gasteiger partial charge on any atom is 0.338 e. The molecule has 0 saturated heterocycles. The summed E-state index contributed by atoms with van der Waals surface area (Å²) in [5, 5.41) is 0.410. The van der Waals surface area contributed by atoms with Crippen molar-refractivity contribution in [2.24, 2.45) is 4.99 Å². The maximum atomic E-state index is 13.5. The van der Waals surface area contributed by atoms with Crippen molar-refractivity contribution in [1.82, 2.24) is 4.57 Å². The first-order valence-electron chi connectivity index (χ1n) is 10.1. The summed E-state index contributed by atoms with van der Waals surface area (Å²) < 4.78 is 25.5. The maximum absolute atomic E-state index is 13.5. The Hall–Kier alpha value is -3.07. The van der Waals surface area contributed by atoms with Gasteiger partial charge in [-0.3, -0.25) is 9.36 Å². The number of methoxy groups -OCH3 is 1. The van der Waals surface area contributed by atoms with E-state index in [4.69, 9.17) is 21.1 Å². The van der Waals surface area contributed by atoms with Gasteiger partial charge in [-0.05, 0) is 42.3 Å². The molecule has 3 aromatic rings. The third-order valence-corrected chi connectivity index (χ3v) is 6.46. The van der Waals surface area contributed by atoms with E-state index >= 15 is 0 Å². The van der Waals surface area contributed by atoms with Crippen LogP contribution in [0.3, 0.4) is 0 Å². The Kier molecular flexibility index (Phi) is 6.88. The van der Waals surface area contributed by atoms with E-state index in [9.17, 15) is 14.0 Å². The quantitative estimate of drug-likeness (QED) is 0.396. The number of fused-ring (bicyclic) bond motifs is 1. The van der Waals surface area contributed by atoms with Crippen LogP contribution in [0, 0.1) is 5.82 Å². The van der Waals surface area contributed by atoms with Crippen LogP contribution in [0.15, 0.2) is 69.6 Å². The molecule has 0 fully saturated rings. The lowest BCUT2D eigenvalue weighted by Crippen LogP contribution is -2.40. The smallest absolute Gasteiger partial charge is 0.338 e. The van der Waals surface area contributed by atoms with Crippen LogP contribution in [0.5, 0.6) is 0 Å². The minimum absolute atomic E-state index is 0.0658. The van der Waals surface area contributed by atoms with Crippen LogP contribution in [0.25, 0.3) is 6.08 Å². The molecule has 1 unspecified atom stereocenters. The number of nitrogens with zero attached hydrogens (tertiary/aromatic N) is 2. The highest BCUT2D eigenvalue weighted by atomic mass is 35.5. The summed E-state index contributed by atoms with van der Waals surface area (Å²) in [6, 6.07) is 12.1. The molecule has 1 aliphatic rings. The van der Waals surface area contributed by atoms with Crippen molar-refractivity contribution in [3.8, 4) is 0 Å². The van der Waals surface area contributed by atoms with Crippen LogP contribution in [0.1, 0.15) is 24.1 Å². The van der Waals surface area contributed by atoms with Gasteiger partial charge in [0.15, 0.2) is 4.80 Å². The molecule has 1 aliphatic heterocycles. The lowest BCUT2D eigenvalue weighted by Gasteiger charge is -2.25. The minimum Gasteiger partial charge on any atom is -0.460 e. The largest absolute Gasteiger partial charge is 0.460 e. The number of thiazole rings is 1. The van der Waals surface area contributed by atoms with Gasteiger partial charge in [-0.25, -0.2) is 14.2 Å².